The van der Waals surface area contributed by atoms with E-state index in [2.05, 4.69) is 121 Å². The first-order valence-electron chi connectivity index (χ1n) is 16.8. The third-order valence-electron chi connectivity index (χ3n) is 9.75. The van der Waals surface area contributed by atoms with Gasteiger partial charge in [-0.3, -0.25) is 0 Å². The third-order valence-corrected chi connectivity index (χ3v) is 12.0. The van der Waals surface area contributed by atoms with Crippen molar-refractivity contribution in [1.29, 1.82) is 0 Å². The molecule has 0 unspecified atom stereocenters. The van der Waals surface area contributed by atoms with Crippen molar-refractivity contribution in [2.45, 2.75) is 0 Å². The Bertz CT molecular complexity index is 3160. The molecule has 4 heterocycles. The van der Waals surface area contributed by atoms with Gasteiger partial charge in [-0.25, -0.2) is 15.0 Å². The SMILES string of the molecule is c1ccc(-c2nc(-c3ccc4c(c3)oc3ccc(-c5ccc6c(c5)sc5ccccc56)cc34)nc(-c3ccc4c(c3)sc3ccccc34)n2)cc1. The van der Waals surface area contributed by atoms with E-state index in [0.29, 0.717) is 17.5 Å². The van der Waals surface area contributed by atoms with Crippen molar-refractivity contribution in [3.8, 4) is 45.3 Å². The fourth-order valence-electron chi connectivity index (χ4n) is 7.22. The normalized spacial score (nSPS) is 11.9. The van der Waals surface area contributed by atoms with Crippen LogP contribution in [0.1, 0.15) is 0 Å². The highest BCUT2D eigenvalue weighted by Gasteiger charge is 2.16. The minimum absolute atomic E-state index is 0.606. The smallest absolute Gasteiger partial charge is 0.164 e. The van der Waals surface area contributed by atoms with Crippen molar-refractivity contribution in [1.82, 2.24) is 15.0 Å². The first-order valence-corrected chi connectivity index (χ1v) is 18.5. The second-order valence-electron chi connectivity index (χ2n) is 12.8. The highest BCUT2D eigenvalue weighted by molar-refractivity contribution is 7.26. The molecule has 0 aliphatic carbocycles. The molecular formula is C45H25N3OS2. The first kappa shape index (κ1) is 28.6. The lowest BCUT2D eigenvalue weighted by Gasteiger charge is -2.08. The van der Waals surface area contributed by atoms with Gasteiger partial charge in [-0.05, 0) is 59.7 Å². The molecule has 238 valence electrons. The summed E-state index contributed by atoms with van der Waals surface area (Å²) in [6.45, 7) is 0. The monoisotopic (exact) mass is 687 g/mol. The van der Waals surface area contributed by atoms with Crippen LogP contribution in [0.3, 0.4) is 0 Å². The molecule has 0 spiro atoms. The molecule has 6 heteroatoms. The van der Waals surface area contributed by atoms with Crippen LogP contribution in [-0.2, 0) is 0 Å². The Morgan fingerprint density at radius 3 is 1.49 bits per heavy atom. The average molecular weight is 688 g/mol. The summed E-state index contributed by atoms with van der Waals surface area (Å²) in [4.78, 5) is 15.0. The van der Waals surface area contributed by atoms with Crippen molar-refractivity contribution in [2.24, 2.45) is 0 Å². The summed E-state index contributed by atoms with van der Waals surface area (Å²) in [6, 6.07) is 53.3. The van der Waals surface area contributed by atoms with E-state index in [1.54, 1.807) is 11.3 Å². The first-order chi connectivity index (χ1) is 25.2. The van der Waals surface area contributed by atoms with Gasteiger partial charge in [0.1, 0.15) is 11.2 Å². The van der Waals surface area contributed by atoms with Crippen LogP contribution in [0.4, 0.5) is 0 Å². The molecule has 0 atom stereocenters. The minimum atomic E-state index is 0.606. The molecular weight excluding hydrogens is 663 g/mol. The largest absolute Gasteiger partial charge is 0.456 e. The number of aromatic nitrogens is 3. The van der Waals surface area contributed by atoms with Gasteiger partial charge in [0, 0.05) is 67.8 Å². The summed E-state index contributed by atoms with van der Waals surface area (Å²) in [7, 11) is 0. The van der Waals surface area contributed by atoms with Gasteiger partial charge in [0.15, 0.2) is 17.5 Å². The molecule has 0 N–H and O–H groups in total. The third kappa shape index (κ3) is 4.68. The van der Waals surface area contributed by atoms with Gasteiger partial charge >= 0.3 is 0 Å². The molecule has 0 radical (unpaired) electrons. The Hall–Kier alpha value is -6.21. The van der Waals surface area contributed by atoms with Gasteiger partial charge in [0.25, 0.3) is 0 Å². The fraction of sp³-hybridized carbons (Fsp3) is 0. The van der Waals surface area contributed by atoms with Crippen LogP contribution in [0.2, 0.25) is 0 Å². The lowest BCUT2D eigenvalue weighted by atomic mass is 10.0. The molecule has 0 saturated heterocycles. The Morgan fingerprint density at radius 1 is 0.314 bits per heavy atom. The van der Waals surface area contributed by atoms with Gasteiger partial charge in [-0.1, -0.05) is 103 Å². The number of nitrogens with zero attached hydrogens (tertiary/aromatic N) is 3. The number of fused-ring (bicyclic) bond motifs is 9. The molecule has 0 saturated carbocycles. The van der Waals surface area contributed by atoms with Gasteiger partial charge in [-0.15, -0.1) is 22.7 Å². The predicted octanol–water partition coefficient (Wildman–Crippen LogP) is 13.2. The zero-order valence-corrected chi connectivity index (χ0v) is 28.6. The van der Waals surface area contributed by atoms with E-state index in [0.717, 1.165) is 38.6 Å². The maximum Gasteiger partial charge on any atom is 0.164 e. The van der Waals surface area contributed by atoms with E-state index in [-0.39, 0.29) is 0 Å². The Labute approximate surface area is 299 Å². The van der Waals surface area contributed by atoms with E-state index in [4.69, 9.17) is 19.4 Å². The van der Waals surface area contributed by atoms with E-state index in [9.17, 15) is 0 Å². The summed E-state index contributed by atoms with van der Waals surface area (Å²) in [5, 5.41) is 7.29. The van der Waals surface area contributed by atoms with Gasteiger partial charge in [-0.2, -0.15) is 0 Å². The molecule has 0 aliphatic rings. The zero-order chi connectivity index (χ0) is 33.5. The topological polar surface area (TPSA) is 51.8 Å². The number of hydrogen-bond acceptors (Lipinski definition) is 6. The molecule has 0 aliphatic heterocycles. The van der Waals surface area contributed by atoms with E-state index in [1.807, 2.05) is 41.7 Å². The molecule has 0 fully saturated rings. The van der Waals surface area contributed by atoms with E-state index < -0.39 is 0 Å². The standard InChI is InChI=1S/C45H25N3OS2/c1-2-8-26(9-3-1)43-46-44(48-45(47-43)30-16-20-35-33-11-5-7-13-40(33)51-42(35)25-30)29-15-18-31-36-22-27(17-21-37(36)49-38(31)23-29)28-14-19-34-32-10-4-6-12-39(32)50-41(34)24-28/h1-25H. The van der Waals surface area contributed by atoms with Crippen LogP contribution in [0, 0.1) is 0 Å². The van der Waals surface area contributed by atoms with E-state index in [1.165, 1.54) is 51.5 Å². The number of rotatable bonds is 4. The molecule has 0 bridgehead atoms. The van der Waals surface area contributed by atoms with E-state index >= 15 is 0 Å². The quantitative estimate of drug-likeness (QED) is 0.185. The molecule has 11 aromatic rings. The maximum absolute atomic E-state index is 6.45. The molecule has 0 amide bonds. The molecule has 4 aromatic heterocycles. The van der Waals surface area contributed by atoms with Crippen molar-refractivity contribution in [3.63, 3.8) is 0 Å². The summed E-state index contributed by atoms with van der Waals surface area (Å²) < 4.78 is 11.6. The minimum Gasteiger partial charge on any atom is -0.456 e. The summed E-state index contributed by atoms with van der Waals surface area (Å²) in [5.41, 5.74) is 6.79. The highest BCUT2D eigenvalue weighted by Crippen LogP contribution is 2.40. The summed E-state index contributed by atoms with van der Waals surface area (Å²) in [6.07, 6.45) is 0. The summed E-state index contributed by atoms with van der Waals surface area (Å²) in [5.74, 6) is 1.88. The van der Waals surface area contributed by atoms with Crippen LogP contribution >= 0.6 is 22.7 Å². The van der Waals surface area contributed by atoms with Gasteiger partial charge in [0.2, 0.25) is 0 Å². The number of thiophene rings is 2. The lowest BCUT2D eigenvalue weighted by Crippen LogP contribution is -2.00. The van der Waals surface area contributed by atoms with Crippen molar-refractivity contribution in [3.05, 3.63) is 152 Å². The Morgan fingerprint density at radius 2 is 0.804 bits per heavy atom. The van der Waals surface area contributed by atoms with Crippen molar-refractivity contribution in [2.75, 3.05) is 0 Å². The van der Waals surface area contributed by atoms with Crippen LogP contribution in [0.15, 0.2) is 156 Å². The highest BCUT2D eigenvalue weighted by atomic mass is 32.1. The summed E-state index contributed by atoms with van der Waals surface area (Å²) >= 11 is 3.64. The lowest BCUT2D eigenvalue weighted by molar-refractivity contribution is 0.669. The van der Waals surface area contributed by atoms with Crippen molar-refractivity contribution >= 4 is 85.0 Å². The second-order valence-corrected chi connectivity index (χ2v) is 15.0. The zero-order valence-electron chi connectivity index (χ0n) is 27.0. The average Bonchev–Trinajstić information content (AvgIpc) is 3.88. The van der Waals surface area contributed by atoms with Crippen LogP contribution in [0.5, 0.6) is 0 Å². The Balaban J connectivity index is 1.02. The van der Waals surface area contributed by atoms with Crippen molar-refractivity contribution < 1.29 is 4.42 Å². The predicted molar refractivity (Wildman–Crippen MR) is 215 cm³/mol. The van der Waals surface area contributed by atoms with Crippen LogP contribution in [0.25, 0.3) is 108 Å². The number of hydrogen-bond donors (Lipinski definition) is 0. The molecule has 7 aromatic carbocycles. The molecule has 4 nitrogen and oxygen atoms in total. The number of benzene rings is 7. The van der Waals surface area contributed by atoms with Crippen LogP contribution in [-0.4, -0.2) is 15.0 Å². The van der Waals surface area contributed by atoms with Gasteiger partial charge < -0.3 is 4.42 Å². The fourth-order valence-corrected chi connectivity index (χ4v) is 9.51. The molecule has 11 rings (SSSR count). The number of furan rings is 1. The van der Waals surface area contributed by atoms with Crippen LogP contribution < -0.4 is 0 Å². The second kappa shape index (κ2) is 11.2. The van der Waals surface area contributed by atoms with Gasteiger partial charge in [0.05, 0.1) is 0 Å². The molecule has 51 heavy (non-hydrogen) atoms. The Kier molecular flexibility index (Phi) is 6.26. The maximum atomic E-state index is 6.45.